The van der Waals surface area contributed by atoms with E-state index in [0.717, 1.165) is 6.07 Å². The van der Waals surface area contributed by atoms with E-state index in [1.54, 1.807) is 13.8 Å². The Morgan fingerprint density at radius 1 is 1.36 bits per heavy atom. The van der Waals surface area contributed by atoms with E-state index in [-0.39, 0.29) is 41.9 Å². The van der Waals surface area contributed by atoms with Crippen molar-refractivity contribution in [3.63, 3.8) is 0 Å². The number of amides is 1. The van der Waals surface area contributed by atoms with Gasteiger partial charge in [-0.3, -0.25) is 4.79 Å². The summed E-state index contributed by atoms with van der Waals surface area (Å²) in [6.45, 7) is 3.08. The van der Waals surface area contributed by atoms with Crippen molar-refractivity contribution in [1.82, 2.24) is 5.32 Å². The van der Waals surface area contributed by atoms with Gasteiger partial charge in [0.05, 0.1) is 29.1 Å². The monoisotopic (exact) mass is 379 g/mol. The summed E-state index contributed by atoms with van der Waals surface area (Å²) < 4.78 is 67.8. The third-order valence-corrected chi connectivity index (χ3v) is 5.58. The Hall–Kier alpha value is -1.77. The molecule has 0 aliphatic carbocycles. The van der Waals surface area contributed by atoms with Crippen LogP contribution in [0.4, 0.5) is 13.2 Å². The minimum atomic E-state index is -4.59. The first-order chi connectivity index (χ1) is 11.5. The fourth-order valence-corrected chi connectivity index (χ4v) is 4.39. The molecule has 1 unspecified atom stereocenters. The highest BCUT2D eigenvalue weighted by Gasteiger charge is 2.35. The SMILES string of the molecule is CC(C)Oc1ccc(CNC(=O)C2CCS(=O)(=O)C2)c(C(F)(F)F)c1. The van der Waals surface area contributed by atoms with Gasteiger partial charge in [-0.25, -0.2) is 8.42 Å². The van der Waals surface area contributed by atoms with Crippen LogP contribution in [0.15, 0.2) is 18.2 Å². The van der Waals surface area contributed by atoms with Gasteiger partial charge in [0, 0.05) is 6.54 Å². The fraction of sp³-hybridized carbons (Fsp3) is 0.562. The van der Waals surface area contributed by atoms with E-state index in [1.807, 2.05) is 0 Å². The molecule has 0 radical (unpaired) electrons. The maximum atomic E-state index is 13.2. The molecule has 1 amide bonds. The second-order valence-electron chi connectivity index (χ2n) is 6.30. The van der Waals surface area contributed by atoms with E-state index in [9.17, 15) is 26.4 Å². The Bertz CT molecular complexity index is 744. The molecule has 5 nitrogen and oxygen atoms in total. The standard InChI is InChI=1S/C16H20F3NO4S/c1-10(2)24-13-4-3-11(14(7-13)16(17,18)19)8-20-15(21)12-5-6-25(22,23)9-12/h3-4,7,10,12H,5-6,8-9H2,1-2H3,(H,20,21). The smallest absolute Gasteiger partial charge is 0.416 e. The second kappa shape index (κ2) is 7.23. The molecule has 1 N–H and O–H groups in total. The molecule has 0 saturated carbocycles. The molecular weight excluding hydrogens is 359 g/mol. The first-order valence-corrected chi connectivity index (χ1v) is 9.65. The predicted molar refractivity (Wildman–Crippen MR) is 85.8 cm³/mol. The number of carbonyl (C=O) groups excluding carboxylic acids is 1. The van der Waals surface area contributed by atoms with E-state index < -0.39 is 33.4 Å². The molecule has 1 aliphatic heterocycles. The number of hydrogen-bond acceptors (Lipinski definition) is 4. The molecule has 0 aromatic heterocycles. The molecule has 1 atom stereocenters. The van der Waals surface area contributed by atoms with Crippen molar-refractivity contribution >= 4 is 15.7 Å². The number of ether oxygens (including phenoxy) is 1. The van der Waals surface area contributed by atoms with Gasteiger partial charge in [-0.15, -0.1) is 0 Å². The molecule has 9 heteroatoms. The summed E-state index contributed by atoms with van der Waals surface area (Å²) in [5.74, 6) is -1.48. The lowest BCUT2D eigenvalue weighted by atomic mass is 10.1. The van der Waals surface area contributed by atoms with Gasteiger partial charge >= 0.3 is 6.18 Å². The molecule has 2 rings (SSSR count). The lowest BCUT2D eigenvalue weighted by molar-refractivity contribution is -0.138. The highest BCUT2D eigenvalue weighted by Crippen LogP contribution is 2.34. The molecule has 140 valence electrons. The van der Waals surface area contributed by atoms with Crippen molar-refractivity contribution in [2.75, 3.05) is 11.5 Å². The first-order valence-electron chi connectivity index (χ1n) is 7.83. The molecule has 1 aromatic carbocycles. The largest absolute Gasteiger partial charge is 0.491 e. The lowest BCUT2D eigenvalue weighted by Gasteiger charge is -2.17. The number of alkyl halides is 3. The molecule has 1 fully saturated rings. The number of carbonyl (C=O) groups is 1. The lowest BCUT2D eigenvalue weighted by Crippen LogP contribution is -2.31. The van der Waals surface area contributed by atoms with Crippen LogP contribution in [0.5, 0.6) is 5.75 Å². The second-order valence-corrected chi connectivity index (χ2v) is 8.53. The number of nitrogens with one attached hydrogen (secondary N) is 1. The van der Waals surface area contributed by atoms with E-state index in [2.05, 4.69) is 5.32 Å². The number of hydrogen-bond donors (Lipinski definition) is 1. The van der Waals surface area contributed by atoms with Gasteiger partial charge in [-0.1, -0.05) is 6.07 Å². The summed E-state index contributed by atoms with van der Waals surface area (Å²) in [5, 5.41) is 2.41. The molecule has 0 bridgehead atoms. The van der Waals surface area contributed by atoms with Crippen molar-refractivity contribution in [2.24, 2.45) is 5.92 Å². The van der Waals surface area contributed by atoms with Gasteiger partial charge in [0.25, 0.3) is 0 Å². The van der Waals surface area contributed by atoms with Crippen LogP contribution < -0.4 is 10.1 Å². The summed E-state index contributed by atoms with van der Waals surface area (Å²) in [4.78, 5) is 12.0. The molecule has 0 spiro atoms. The Morgan fingerprint density at radius 3 is 2.56 bits per heavy atom. The quantitative estimate of drug-likeness (QED) is 0.853. The summed E-state index contributed by atoms with van der Waals surface area (Å²) in [6.07, 6.45) is -4.66. The van der Waals surface area contributed by atoms with E-state index in [4.69, 9.17) is 4.74 Å². The van der Waals surface area contributed by atoms with Crippen molar-refractivity contribution in [3.8, 4) is 5.75 Å². The van der Waals surface area contributed by atoms with Crippen molar-refractivity contribution in [1.29, 1.82) is 0 Å². The van der Waals surface area contributed by atoms with Crippen molar-refractivity contribution < 1.29 is 31.1 Å². The fourth-order valence-electron chi connectivity index (χ4n) is 2.65. The zero-order chi connectivity index (χ0) is 18.8. The topological polar surface area (TPSA) is 72.5 Å². The predicted octanol–water partition coefficient (Wildman–Crippen LogP) is 2.54. The van der Waals surface area contributed by atoms with E-state index in [1.165, 1.54) is 12.1 Å². The third-order valence-electron chi connectivity index (χ3n) is 3.81. The number of sulfone groups is 1. The van der Waals surface area contributed by atoms with Crippen LogP contribution in [-0.2, 0) is 27.4 Å². The normalized spacial score (nSPS) is 19.8. The van der Waals surface area contributed by atoms with Crippen LogP contribution in [0.2, 0.25) is 0 Å². The first kappa shape index (κ1) is 19.6. The Kier molecular flexibility index (Phi) is 5.65. The van der Waals surface area contributed by atoms with Crippen LogP contribution in [0.1, 0.15) is 31.4 Å². The summed E-state index contributed by atoms with van der Waals surface area (Å²) >= 11 is 0. The van der Waals surface area contributed by atoms with Crippen molar-refractivity contribution in [2.45, 2.75) is 39.1 Å². The van der Waals surface area contributed by atoms with Crippen LogP contribution in [-0.4, -0.2) is 31.9 Å². The molecule has 1 aliphatic rings. The minimum Gasteiger partial charge on any atom is -0.491 e. The average molecular weight is 379 g/mol. The van der Waals surface area contributed by atoms with E-state index in [0.29, 0.717) is 0 Å². The van der Waals surface area contributed by atoms with Gasteiger partial charge in [-0.05, 0) is 38.0 Å². The zero-order valence-electron chi connectivity index (χ0n) is 13.9. The Balaban J connectivity index is 2.12. The summed E-state index contributed by atoms with van der Waals surface area (Å²) in [5.41, 5.74) is -0.984. The molecule has 1 saturated heterocycles. The number of rotatable bonds is 5. The van der Waals surface area contributed by atoms with E-state index >= 15 is 0 Å². The highest BCUT2D eigenvalue weighted by atomic mass is 32.2. The Labute approximate surface area is 144 Å². The molecular formula is C16H20F3NO4S. The van der Waals surface area contributed by atoms with Crippen LogP contribution in [0.3, 0.4) is 0 Å². The molecule has 1 aromatic rings. The van der Waals surface area contributed by atoms with Gasteiger partial charge in [0.2, 0.25) is 5.91 Å². The van der Waals surface area contributed by atoms with Gasteiger partial charge in [-0.2, -0.15) is 13.2 Å². The molecule has 1 heterocycles. The number of halogens is 3. The van der Waals surface area contributed by atoms with Crippen LogP contribution in [0, 0.1) is 5.92 Å². The average Bonchev–Trinajstić information content (AvgIpc) is 2.84. The van der Waals surface area contributed by atoms with Gasteiger partial charge in [0.1, 0.15) is 5.75 Å². The van der Waals surface area contributed by atoms with Gasteiger partial charge < -0.3 is 10.1 Å². The Morgan fingerprint density at radius 2 is 2.04 bits per heavy atom. The maximum absolute atomic E-state index is 13.2. The zero-order valence-corrected chi connectivity index (χ0v) is 14.7. The number of benzene rings is 1. The third kappa shape index (κ3) is 5.35. The van der Waals surface area contributed by atoms with Crippen LogP contribution >= 0.6 is 0 Å². The summed E-state index contributed by atoms with van der Waals surface area (Å²) in [6, 6.07) is 3.57. The highest BCUT2D eigenvalue weighted by molar-refractivity contribution is 7.91. The minimum absolute atomic E-state index is 0.0693. The summed E-state index contributed by atoms with van der Waals surface area (Å²) in [7, 11) is -3.23. The van der Waals surface area contributed by atoms with Crippen LogP contribution in [0.25, 0.3) is 0 Å². The van der Waals surface area contributed by atoms with Gasteiger partial charge in [0.15, 0.2) is 9.84 Å². The maximum Gasteiger partial charge on any atom is 0.416 e. The van der Waals surface area contributed by atoms with Crippen molar-refractivity contribution in [3.05, 3.63) is 29.3 Å². The molecule has 25 heavy (non-hydrogen) atoms.